The molecule has 0 saturated heterocycles. The van der Waals surface area contributed by atoms with Crippen LogP contribution in [0, 0.1) is 46.3 Å². The first kappa shape index (κ1) is 29.0. The lowest BCUT2D eigenvalue weighted by Gasteiger charge is -2.61. The van der Waals surface area contributed by atoms with Crippen LogP contribution in [0.2, 0.25) is 0 Å². The molecule has 0 aromatic carbocycles. The lowest BCUT2D eigenvalue weighted by molar-refractivity contribution is -0.329. The second kappa shape index (κ2) is 11.2. The van der Waals surface area contributed by atoms with Crippen molar-refractivity contribution in [3.8, 4) is 0 Å². The molecule has 4 rings (SSSR count). The zero-order valence-electron chi connectivity index (χ0n) is 21.8. The Morgan fingerprint density at radius 2 is 1.49 bits per heavy atom. The van der Waals surface area contributed by atoms with Crippen molar-refractivity contribution >= 4 is 47.5 Å². The summed E-state index contributed by atoms with van der Waals surface area (Å²) >= 11 is 22.5. The van der Waals surface area contributed by atoms with Crippen LogP contribution in [-0.4, -0.2) is 11.6 Å². The van der Waals surface area contributed by atoms with Crippen molar-refractivity contribution in [2.24, 2.45) is 46.3 Å². The Balaban J connectivity index is 1.40. The minimum atomic E-state index is -2.01. The van der Waals surface area contributed by atoms with Gasteiger partial charge in [-0.05, 0) is 117 Å². The molecule has 0 bridgehead atoms. The average Bonchev–Trinajstić information content (AvgIpc) is 3.22. The average molecular weight is 574 g/mol. The van der Waals surface area contributed by atoms with E-state index in [-0.39, 0.29) is 0 Å². The molecule has 0 aromatic heterocycles. The van der Waals surface area contributed by atoms with Crippen LogP contribution in [-0.2, 0) is 17.2 Å². The van der Waals surface area contributed by atoms with Gasteiger partial charge in [-0.2, -0.15) is 0 Å². The second-order valence-electron chi connectivity index (χ2n) is 13.1. The van der Waals surface area contributed by atoms with Crippen LogP contribution in [0.1, 0.15) is 111 Å². The fraction of sp³-hybridized carbons (Fsp3) is 1.00. The molecule has 0 aliphatic heterocycles. The summed E-state index contributed by atoms with van der Waals surface area (Å²) in [4.78, 5) is 0. The van der Waals surface area contributed by atoms with Gasteiger partial charge in [-0.3, -0.25) is 4.29 Å². The van der Waals surface area contributed by atoms with Crippen molar-refractivity contribution in [2.75, 3.05) is 0 Å². The summed E-state index contributed by atoms with van der Waals surface area (Å²) in [5.74, 6) is 3.08. The molecule has 0 amide bonds. The van der Waals surface area contributed by atoms with E-state index >= 15 is 0 Å². The van der Waals surface area contributed by atoms with Crippen molar-refractivity contribution in [2.45, 2.75) is 123 Å². The Morgan fingerprint density at radius 1 is 0.800 bits per heavy atom. The second-order valence-corrected chi connectivity index (χ2v) is 13.7. The zero-order chi connectivity index (χ0) is 25.5. The number of hydrogen-bond acceptors (Lipinski definition) is 4. The van der Waals surface area contributed by atoms with Gasteiger partial charge in [-0.1, -0.05) is 40.0 Å². The minimum Gasteiger partial charge on any atom is -0.264 e. The molecule has 0 aromatic rings. The molecule has 2 unspecified atom stereocenters. The summed E-state index contributed by atoms with van der Waals surface area (Å²) in [7, 11) is 0. The highest BCUT2D eigenvalue weighted by molar-refractivity contribution is 6.11. The van der Waals surface area contributed by atoms with Gasteiger partial charge in [0, 0.05) is 0 Å². The van der Waals surface area contributed by atoms with E-state index in [9.17, 15) is 0 Å². The van der Waals surface area contributed by atoms with Crippen molar-refractivity contribution < 1.29 is 17.2 Å². The van der Waals surface area contributed by atoms with E-state index in [1.54, 1.807) is 6.92 Å². The molecule has 9 atom stereocenters. The van der Waals surface area contributed by atoms with Gasteiger partial charge in [0.1, 0.15) is 0 Å². The third kappa shape index (κ3) is 4.81. The summed E-state index contributed by atoms with van der Waals surface area (Å²) < 4.78 is 19.5. The standard InChI is InChI=1S/C27H44Cl4O4/c1-18(8-7-16-26(4,32-28)27(33-29,34-30)35-31)21-12-13-22-20-11-10-19-9-5-6-15-24(19,2)23(20)14-17-25(21,22)3/h18-23H,5-17H2,1-4H3/t18-,19?,20+,21-,22+,23+,24+,25-,26?/m1/s1. The lowest BCUT2D eigenvalue weighted by Crippen LogP contribution is -2.54. The van der Waals surface area contributed by atoms with Gasteiger partial charge in [0.05, 0.1) is 47.5 Å². The van der Waals surface area contributed by atoms with Gasteiger partial charge in [0.25, 0.3) is 0 Å². The monoisotopic (exact) mass is 572 g/mol. The molecule has 4 saturated carbocycles. The molecule has 4 nitrogen and oxygen atoms in total. The summed E-state index contributed by atoms with van der Waals surface area (Å²) in [6.07, 6.45) is 16.7. The van der Waals surface area contributed by atoms with E-state index in [4.69, 9.17) is 64.6 Å². The van der Waals surface area contributed by atoms with Gasteiger partial charge >= 0.3 is 5.97 Å². The fourth-order valence-electron chi connectivity index (χ4n) is 9.75. The Bertz CT molecular complexity index is 715. The van der Waals surface area contributed by atoms with Crippen LogP contribution >= 0.6 is 47.5 Å². The Hall–Kier alpha value is 1.00. The van der Waals surface area contributed by atoms with Gasteiger partial charge in [0.2, 0.25) is 0 Å². The topological polar surface area (TPSA) is 36.9 Å². The highest BCUT2D eigenvalue weighted by Gasteiger charge is 2.60. The van der Waals surface area contributed by atoms with E-state index in [1.807, 2.05) is 0 Å². The first-order chi connectivity index (χ1) is 16.6. The molecule has 4 aliphatic rings. The SMILES string of the molecule is C[C@H](CCCC(C)(OCl)C(OCl)(OCl)OCl)[C@H]1CC[C@H]2[C@@H]3CCC4CCCC[C@]4(C)[C@H]3CC[C@]12C. The molecular formula is C27H44Cl4O4. The smallest absolute Gasteiger partial charge is 0.264 e. The predicted molar refractivity (Wildman–Crippen MR) is 142 cm³/mol. The van der Waals surface area contributed by atoms with Crippen LogP contribution < -0.4 is 0 Å². The molecule has 0 N–H and O–H groups in total. The van der Waals surface area contributed by atoms with Crippen LogP contribution in [0.3, 0.4) is 0 Å². The third-order valence-corrected chi connectivity index (χ3v) is 12.7. The van der Waals surface area contributed by atoms with Gasteiger partial charge < -0.3 is 0 Å². The van der Waals surface area contributed by atoms with Gasteiger partial charge in [0.15, 0.2) is 5.60 Å². The number of fused-ring (bicyclic) bond motifs is 5. The van der Waals surface area contributed by atoms with E-state index in [0.29, 0.717) is 23.2 Å². The molecule has 0 spiro atoms. The summed E-state index contributed by atoms with van der Waals surface area (Å²) in [6, 6.07) is 0. The quantitative estimate of drug-likeness (QED) is 0.244. The number of halogens is 4. The summed E-state index contributed by atoms with van der Waals surface area (Å²) in [5.41, 5.74) is -0.232. The fourth-order valence-corrected chi connectivity index (χ4v) is 10.7. The molecule has 8 heteroatoms. The van der Waals surface area contributed by atoms with Crippen LogP contribution in [0.5, 0.6) is 0 Å². The van der Waals surface area contributed by atoms with Crippen molar-refractivity contribution in [3.63, 3.8) is 0 Å². The van der Waals surface area contributed by atoms with Gasteiger partial charge in [-0.25, -0.2) is 12.9 Å². The van der Waals surface area contributed by atoms with Crippen molar-refractivity contribution in [1.82, 2.24) is 0 Å². The zero-order valence-corrected chi connectivity index (χ0v) is 24.8. The van der Waals surface area contributed by atoms with E-state index < -0.39 is 11.6 Å². The molecule has 0 heterocycles. The largest absolute Gasteiger partial charge is 0.363 e. The molecule has 4 aliphatic carbocycles. The summed E-state index contributed by atoms with van der Waals surface area (Å²) in [6.45, 7) is 9.37. The van der Waals surface area contributed by atoms with Crippen LogP contribution in [0.15, 0.2) is 0 Å². The molecule has 204 valence electrons. The van der Waals surface area contributed by atoms with Crippen LogP contribution in [0.25, 0.3) is 0 Å². The summed E-state index contributed by atoms with van der Waals surface area (Å²) in [5, 5.41) is 0. The normalized spacial score (nSPS) is 42.0. The Labute approximate surface area is 233 Å². The Morgan fingerprint density at radius 3 is 2.14 bits per heavy atom. The maximum atomic E-state index is 5.79. The number of hydrogen-bond donors (Lipinski definition) is 0. The highest BCUT2D eigenvalue weighted by Crippen LogP contribution is 2.68. The first-order valence-electron chi connectivity index (χ1n) is 13.8. The van der Waals surface area contributed by atoms with E-state index in [0.717, 1.165) is 42.4 Å². The van der Waals surface area contributed by atoms with Crippen molar-refractivity contribution in [3.05, 3.63) is 0 Å². The van der Waals surface area contributed by atoms with Gasteiger partial charge in [-0.15, -0.1) is 0 Å². The number of rotatable bonds is 10. The van der Waals surface area contributed by atoms with E-state index in [1.165, 1.54) is 64.2 Å². The molecule has 0 radical (unpaired) electrons. The molecule has 4 fully saturated rings. The first-order valence-corrected chi connectivity index (χ1v) is 15.1. The maximum Gasteiger partial charge on any atom is 0.363 e. The van der Waals surface area contributed by atoms with Crippen molar-refractivity contribution in [1.29, 1.82) is 0 Å². The maximum absolute atomic E-state index is 5.79. The molecule has 35 heavy (non-hydrogen) atoms. The lowest BCUT2D eigenvalue weighted by atomic mass is 9.44. The van der Waals surface area contributed by atoms with Crippen LogP contribution in [0.4, 0.5) is 0 Å². The molecular weight excluding hydrogens is 530 g/mol. The predicted octanol–water partition coefficient (Wildman–Crippen LogP) is 9.94. The minimum absolute atomic E-state index is 0.451. The third-order valence-electron chi connectivity index (χ3n) is 11.8. The highest BCUT2D eigenvalue weighted by atomic mass is 35.5. The van der Waals surface area contributed by atoms with E-state index in [2.05, 4.69) is 20.8 Å². The Kier molecular flexibility index (Phi) is 9.31.